The lowest BCUT2D eigenvalue weighted by atomic mass is 9.76. The Morgan fingerprint density at radius 1 is 1.01 bits per heavy atom. The van der Waals surface area contributed by atoms with Crippen LogP contribution in [0.1, 0.15) is 130 Å². The maximum atomic E-state index is 15.1. The first kappa shape index (κ1) is 63.0. The molecule has 5 aliphatic rings. The molecular weight excluding hydrogens is 1020 g/mol. The number of fused-ring (bicyclic) bond motifs is 2. The lowest BCUT2D eigenvalue weighted by Crippen LogP contribution is -2.68. The number of carbonyl (C=O) groups excluding carboxylic acids is 2. The fourth-order valence-corrected chi connectivity index (χ4v) is 13.2. The van der Waals surface area contributed by atoms with E-state index < -0.39 is 121 Å². The van der Waals surface area contributed by atoms with Crippen LogP contribution in [0.2, 0.25) is 0 Å². The molecule has 1 aromatic heterocycles. The summed E-state index contributed by atoms with van der Waals surface area (Å²) in [5.74, 6) is -2.49. The predicted octanol–water partition coefficient (Wildman–Crippen LogP) is 4.66. The van der Waals surface area contributed by atoms with Crippen molar-refractivity contribution in [3.8, 4) is 0 Å². The summed E-state index contributed by atoms with van der Waals surface area (Å²) in [6.07, 6.45) is -2.31. The smallest absolute Gasteiger partial charge is 0.311 e. The molecule has 446 valence electrons. The predicted molar refractivity (Wildman–Crippen MR) is 291 cm³/mol. The van der Waals surface area contributed by atoms with Gasteiger partial charge in [-0.15, -0.1) is 5.10 Å². The van der Waals surface area contributed by atoms with Gasteiger partial charge < -0.3 is 73.0 Å². The number of nitrogens with zero attached hydrogens (tertiary/aromatic N) is 6. The third-order valence-corrected chi connectivity index (χ3v) is 18.2. The Morgan fingerprint density at radius 2 is 1.72 bits per heavy atom. The van der Waals surface area contributed by atoms with Crippen LogP contribution in [0.5, 0.6) is 0 Å². The molecule has 2 aromatic rings. The molecule has 4 fully saturated rings. The van der Waals surface area contributed by atoms with E-state index in [1.165, 1.54) is 14.0 Å². The van der Waals surface area contributed by atoms with E-state index in [1.54, 1.807) is 50.6 Å². The zero-order valence-electron chi connectivity index (χ0n) is 49.2. The van der Waals surface area contributed by atoms with Crippen LogP contribution in [0.4, 0.5) is 4.39 Å². The van der Waals surface area contributed by atoms with Crippen LogP contribution in [-0.4, -0.2) is 220 Å². The first-order chi connectivity index (χ1) is 37.3. The highest BCUT2D eigenvalue weighted by Gasteiger charge is 2.58. The second-order valence-corrected chi connectivity index (χ2v) is 24.1. The van der Waals surface area contributed by atoms with Crippen molar-refractivity contribution in [2.24, 2.45) is 17.8 Å². The second-order valence-electron chi connectivity index (χ2n) is 24.1. The zero-order chi connectivity index (χ0) is 57.9. The SMILES string of the molecule is CC[C@H]1OC(=O)[C@H](C)[C@@H](OC2C[C@@](C)(OC)[C@@H](O)[C@H](C)O2)[C@H](C)[C@H]2OC3O[C@H](C)C[C@H](N(C)CCc4cn([C@H](CF)[C@H](OC)c5ccc(C6=CCN(C(=O)CO)CC6)cc5)nn4)[C@H]3O[C@]2(C)C[C@@H](C)CN(C)[C@H](C)[C@@H](O)[C@]1(C)O. The fraction of sp³-hybridized carbons (Fsp3) is 0.793. The molecule has 0 spiro atoms. The van der Waals surface area contributed by atoms with Crippen molar-refractivity contribution in [1.82, 2.24) is 29.7 Å². The molecule has 1 amide bonds. The minimum Gasteiger partial charge on any atom is -0.459 e. The number of carbonyl (C=O) groups is 2. The summed E-state index contributed by atoms with van der Waals surface area (Å²) < 4.78 is 69.2. The lowest BCUT2D eigenvalue weighted by molar-refractivity contribution is -0.378. The Kier molecular flexibility index (Phi) is 21.0. The summed E-state index contributed by atoms with van der Waals surface area (Å²) >= 11 is 0. The number of aliphatic hydroxyl groups is 4. The van der Waals surface area contributed by atoms with Crippen molar-refractivity contribution < 1.29 is 72.3 Å². The van der Waals surface area contributed by atoms with Crippen LogP contribution in [-0.2, 0) is 53.9 Å². The van der Waals surface area contributed by atoms with Crippen LogP contribution < -0.4 is 0 Å². The van der Waals surface area contributed by atoms with Gasteiger partial charge in [0.2, 0.25) is 5.91 Å². The van der Waals surface area contributed by atoms with Gasteiger partial charge in [-0.25, -0.2) is 9.07 Å². The van der Waals surface area contributed by atoms with E-state index >= 15 is 4.39 Å². The molecule has 2 unspecified atom stereocenters. The van der Waals surface area contributed by atoms with Crippen LogP contribution >= 0.6 is 0 Å². The summed E-state index contributed by atoms with van der Waals surface area (Å²) in [7, 11) is 7.04. The molecule has 1 aromatic carbocycles. The largest absolute Gasteiger partial charge is 0.459 e. The molecule has 0 aliphatic carbocycles. The number of hydrogen-bond donors (Lipinski definition) is 4. The molecule has 0 radical (unpaired) electrons. The summed E-state index contributed by atoms with van der Waals surface area (Å²) in [6, 6.07) is 6.31. The van der Waals surface area contributed by atoms with Crippen molar-refractivity contribution in [3.63, 3.8) is 0 Å². The Labute approximate surface area is 467 Å². The summed E-state index contributed by atoms with van der Waals surface area (Å²) in [5, 5.41) is 53.1. The third-order valence-electron chi connectivity index (χ3n) is 18.2. The van der Waals surface area contributed by atoms with E-state index in [1.807, 2.05) is 70.1 Å². The van der Waals surface area contributed by atoms with Gasteiger partial charge >= 0.3 is 5.97 Å². The quantitative estimate of drug-likeness (QED) is 0.178. The molecule has 20 nitrogen and oxygen atoms in total. The van der Waals surface area contributed by atoms with E-state index in [-0.39, 0.29) is 36.8 Å². The van der Waals surface area contributed by atoms with E-state index in [0.717, 1.165) is 16.7 Å². The number of likely N-dealkylation sites (N-methyl/N-ethyl adjacent to an activating group) is 2. The van der Waals surface area contributed by atoms with E-state index in [9.17, 15) is 30.0 Å². The summed E-state index contributed by atoms with van der Waals surface area (Å²) in [6.45, 7) is 19.4. The lowest BCUT2D eigenvalue weighted by Gasteiger charge is -2.56. The van der Waals surface area contributed by atoms with Gasteiger partial charge in [-0.2, -0.15) is 0 Å². The number of aromatic nitrogens is 3. The molecule has 21 heteroatoms. The first-order valence-corrected chi connectivity index (χ1v) is 28.5. The maximum absolute atomic E-state index is 15.1. The number of esters is 1. The van der Waals surface area contributed by atoms with Crippen molar-refractivity contribution >= 4 is 17.4 Å². The van der Waals surface area contributed by atoms with Gasteiger partial charge in [0.15, 0.2) is 12.6 Å². The van der Waals surface area contributed by atoms with E-state index in [0.29, 0.717) is 57.6 Å². The number of aliphatic hydroxyl groups excluding tert-OH is 3. The van der Waals surface area contributed by atoms with Crippen LogP contribution in [0.25, 0.3) is 5.57 Å². The average molecular weight is 1120 g/mol. The zero-order valence-corrected chi connectivity index (χ0v) is 49.2. The van der Waals surface area contributed by atoms with Crippen LogP contribution in [0, 0.1) is 17.8 Å². The monoisotopic (exact) mass is 1120 g/mol. The number of ether oxygens (including phenoxy) is 8. The molecule has 6 heterocycles. The van der Waals surface area contributed by atoms with Gasteiger partial charge in [0, 0.05) is 77.4 Å². The number of hydrogen-bond acceptors (Lipinski definition) is 18. The molecule has 5 aliphatic heterocycles. The minimum atomic E-state index is -1.81. The molecule has 4 N–H and O–H groups in total. The van der Waals surface area contributed by atoms with Crippen molar-refractivity contribution in [2.75, 3.05) is 67.8 Å². The number of alkyl halides is 1. The van der Waals surface area contributed by atoms with Gasteiger partial charge in [-0.3, -0.25) is 9.59 Å². The van der Waals surface area contributed by atoms with Crippen molar-refractivity contribution in [1.29, 1.82) is 0 Å². The average Bonchev–Trinajstić information content (AvgIpc) is 3.96. The van der Waals surface area contributed by atoms with E-state index in [2.05, 4.69) is 29.1 Å². The highest BCUT2D eigenvalue weighted by atomic mass is 19.1. The molecule has 7 rings (SSSR count). The topological polar surface area (TPSA) is 229 Å². The summed E-state index contributed by atoms with van der Waals surface area (Å²) in [4.78, 5) is 32.4. The number of cyclic esters (lactones) is 1. The molecule has 4 saturated heterocycles. The highest BCUT2D eigenvalue weighted by molar-refractivity contribution is 5.79. The number of amides is 1. The van der Waals surface area contributed by atoms with Gasteiger partial charge in [-0.05, 0) is 111 Å². The standard InChI is InChI=1S/C58H93FN6O14/c1-15-45-58(10,71)51(68)37(6)63(12)30-33(2)27-57(9)53(35(4)48(36(5)54(70)76-45)77-47-28-56(8,73-14)52(69)38(7)75-47)78-55-50(79-57)43(26-34(3)74-55)62(11)23-22-42-31-65(61-60-42)44(29-59)49(72-13)41-18-16-39(17-19-41)40-20-24-64(25-21-40)46(67)32-66/h16-20,31,33-38,43-45,47-53,55,66,68-69,71H,15,21-30,32H2,1-14H3/t33-,34-,35+,36-,37-,38+,43+,44-,45-,47?,48+,49-,50-,51-,52+,53-,55?,56-,57-,58-/m1/s1. The Bertz CT molecular complexity index is 2350. The van der Waals surface area contributed by atoms with Crippen molar-refractivity contribution in [3.05, 3.63) is 53.4 Å². The van der Waals surface area contributed by atoms with Crippen LogP contribution in [0.15, 0.2) is 36.5 Å². The molecule has 79 heavy (non-hydrogen) atoms. The van der Waals surface area contributed by atoms with E-state index in [4.69, 9.17) is 37.9 Å². The van der Waals surface area contributed by atoms with Crippen molar-refractivity contribution in [2.45, 2.75) is 210 Å². The van der Waals surface area contributed by atoms with Gasteiger partial charge in [0.05, 0.1) is 47.2 Å². The first-order valence-electron chi connectivity index (χ1n) is 28.5. The number of rotatable bonds is 15. The molecular formula is C58H93FN6O14. The maximum Gasteiger partial charge on any atom is 0.311 e. The second kappa shape index (κ2) is 26.4. The third kappa shape index (κ3) is 13.8. The van der Waals surface area contributed by atoms with Gasteiger partial charge in [0.25, 0.3) is 0 Å². The number of benzene rings is 1. The highest BCUT2D eigenvalue weighted by Crippen LogP contribution is 2.46. The van der Waals surface area contributed by atoms with Gasteiger partial charge in [0.1, 0.15) is 55.4 Å². The molecule has 20 atom stereocenters. The fourth-order valence-electron chi connectivity index (χ4n) is 13.2. The van der Waals surface area contributed by atoms with Crippen LogP contribution in [0.3, 0.4) is 0 Å². The Morgan fingerprint density at radius 3 is 2.34 bits per heavy atom. The number of halogens is 1. The normalized spacial score (nSPS) is 39.1. The van der Waals surface area contributed by atoms with Gasteiger partial charge in [-0.1, -0.05) is 56.3 Å². The summed E-state index contributed by atoms with van der Waals surface area (Å²) in [5.41, 5.74) is -0.283. The minimum absolute atomic E-state index is 0.0384. The molecule has 0 saturated carbocycles. The molecule has 0 bridgehead atoms. The number of methoxy groups -OCH3 is 2. The Hall–Kier alpha value is -3.55. The Balaban J connectivity index is 1.12.